The second-order valence-electron chi connectivity index (χ2n) is 11.1. The lowest BCUT2D eigenvalue weighted by Gasteiger charge is -2.25. The van der Waals surface area contributed by atoms with E-state index in [0.717, 1.165) is 35.1 Å². The Hall–Kier alpha value is -4.02. The van der Waals surface area contributed by atoms with Crippen LogP contribution >= 0.6 is 0 Å². The molecule has 1 saturated heterocycles. The summed E-state index contributed by atoms with van der Waals surface area (Å²) in [5.74, 6) is -0.160. The zero-order chi connectivity index (χ0) is 29.8. The Morgan fingerprint density at radius 2 is 1.71 bits per heavy atom. The highest BCUT2D eigenvalue weighted by atomic mass is 16.7. The van der Waals surface area contributed by atoms with E-state index < -0.39 is 29.6 Å². The van der Waals surface area contributed by atoms with Gasteiger partial charge in [-0.1, -0.05) is 75.7 Å². The number of fused-ring (bicyclic) bond motifs is 3. The summed E-state index contributed by atoms with van der Waals surface area (Å²) in [7, 11) is 0. The van der Waals surface area contributed by atoms with Crippen LogP contribution in [0.25, 0.3) is 11.1 Å². The summed E-state index contributed by atoms with van der Waals surface area (Å²) in [6.07, 6.45) is 2.49. The van der Waals surface area contributed by atoms with Gasteiger partial charge in [0.25, 0.3) is 5.56 Å². The minimum Gasteiger partial charge on any atom is -0.433 e. The fourth-order valence-corrected chi connectivity index (χ4v) is 5.89. The van der Waals surface area contributed by atoms with Crippen molar-refractivity contribution in [1.82, 2.24) is 14.9 Å². The van der Waals surface area contributed by atoms with Gasteiger partial charge in [-0.2, -0.15) is 0 Å². The third-order valence-corrected chi connectivity index (χ3v) is 8.62. The lowest BCUT2D eigenvalue weighted by Crippen LogP contribution is -2.36. The van der Waals surface area contributed by atoms with Crippen LogP contribution in [0.1, 0.15) is 68.9 Å². The van der Waals surface area contributed by atoms with Gasteiger partial charge in [-0.3, -0.25) is 19.1 Å². The molecule has 2 heterocycles. The average Bonchev–Trinajstić information content (AvgIpc) is 3.60. The van der Waals surface area contributed by atoms with Gasteiger partial charge in [0, 0.05) is 24.2 Å². The SMILES string of the molecule is CCC(C)C(C)C1CC[C@H](n2cc(CNCC(=O)OC(=O)OCC3c4ccccc4-c4ccccc43)c(=O)[nH]c2=O)O1. The molecule has 10 nitrogen and oxygen atoms in total. The number of carbonyl (C=O) groups is 2. The lowest BCUT2D eigenvalue weighted by molar-refractivity contribution is -0.138. The van der Waals surface area contributed by atoms with E-state index in [4.69, 9.17) is 14.2 Å². The van der Waals surface area contributed by atoms with Crippen molar-refractivity contribution in [1.29, 1.82) is 0 Å². The van der Waals surface area contributed by atoms with E-state index in [2.05, 4.69) is 31.1 Å². The molecule has 0 spiro atoms. The molecule has 1 aromatic heterocycles. The Morgan fingerprint density at radius 3 is 2.38 bits per heavy atom. The van der Waals surface area contributed by atoms with Gasteiger partial charge in [0.2, 0.25) is 0 Å². The highest BCUT2D eigenvalue weighted by Crippen LogP contribution is 2.44. The number of nitrogens with zero attached hydrogens (tertiary/aromatic N) is 1. The number of ether oxygens (including phenoxy) is 3. The van der Waals surface area contributed by atoms with Gasteiger partial charge in [0.15, 0.2) is 0 Å². The van der Waals surface area contributed by atoms with Crippen LogP contribution in [0.4, 0.5) is 4.79 Å². The first kappa shape index (κ1) is 29.5. The van der Waals surface area contributed by atoms with Gasteiger partial charge in [0.1, 0.15) is 12.8 Å². The molecule has 3 unspecified atom stereocenters. The van der Waals surface area contributed by atoms with E-state index in [1.165, 1.54) is 10.8 Å². The molecule has 0 saturated carbocycles. The number of nitrogens with one attached hydrogen (secondary N) is 2. The minimum atomic E-state index is -1.09. The quantitative estimate of drug-likeness (QED) is 0.268. The third kappa shape index (κ3) is 6.24. The minimum absolute atomic E-state index is 0.0190. The van der Waals surface area contributed by atoms with Gasteiger partial charge in [-0.05, 0) is 46.9 Å². The van der Waals surface area contributed by atoms with Crippen LogP contribution in [0, 0.1) is 11.8 Å². The Labute approximate surface area is 244 Å². The Kier molecular flexibility index (Phi) is 9.03. The predicted octanol–water partition coefficient (Wildman–Crippen LogP) is 4.48. The van der Waals surface area contributed by atoms with Gasteiger partial charge in [-0.25, -0.2) is 9.59 Å². The van der Waals surface area contributed by atoms with Crippen molar-refractivity contribution >= 4 is 12.1 Å². The molecule has 1 aliphatic carbocycles. The van der Waals surface area contributed by atoms with Crippen molar-refractivity contribution in [3.63, 3.8) is 0 Å². The fraction of sp³-hybridized carbons (Fsp3) is 0.438. The number of hydrogen-bond donors (Lipinski definition) is 2. The molecule has 5 rings (SSSR count). The number of rotatable bonds is 10. The molecule has 0 amide bonds. The smallest absolute Gasteiger partial charge is 0.433 e. The highest BCUT2D eigenvalue weighted by molar-refractivity contribution is 5.83. The standard InChI is InChI=1S/C32H37N3O7/c1-4-19(2)20(3)27-13-14-28(41-27)35-17-21(30(37)34-31(35)38)15-33-16-29(36)42-32(39)40-18-26-24-11-7-5-9-22(24)23-10-6-8-12-25(23)26/h5-12,17,19-20,26-28,33H,4,13-16,18H2,1-3H3,(H,34,37,38)/t19?,20?,27?,28-/m1/s1. The summed E-state index contributed by atoms with van der Waals surface area (Å²) >= 11 is 0. The predicted molar refractivity (Wildman–Crippen MR) is 156 cm³/mol. The molecule has 2 N–H and O–H groups in total. The third-order valence-electron chi connectivity index (χ3n) is 8.62. The normalized spacial score (nSPS) is 19.1. The molecule has 10 heteroatoms. The Bertz CT molecular complexity index is 1520. The molecule has 42 heavy (non-hydrogen) atoms. The molecule has 1 aliphatic heterocycles. The van der Waals surface area contributed by atoms with Crippen molar-refractivity contribution < 1.29 is 23.8 Å². The van der Waals surface area contributed by atoms with Crippen LogP contribution in [-0.4, -0.2) is 40.9 Å². The van der Waals surface area contributed by atoms with Crippen LogP contribution in [-0.2, 0) is 25.5 Å². The number of esters is 1. The molecule has 4 atom stereocenters. The van der Waals surface area contributed by atoms with Gasteiger partial charge in [-0.15, -0.1) is 0 Å². The summed E-state index contributed by atoms with van der Waals surface area (Å²) < 4.78 is 17.7. The van der Waals surface area contributed by atoms with Crippen LogP contribution in [0.3, 0.4) is 0 Å². The summed E-state index contributed by atoms with van der Waals surface area (Å²) in [6, 6.07) is 15.9. The number of H-pyrrole nitrogens is 1. The summed E-state index contributed by atoms with van der Waals surface area (Å²) in [6.45, 7) is 6.17. The average molecular weight is 576 g/mol. The summed E-state index contributed by atoms with van der Waals surface area (Å²) in [4.78, 5) is 51.8. The first-order valence-corrected chi connectivity index (χ1v) is 14.5. The van der Waals surface area contributed by atoms with E-state index in [-0.39, 0.29) is 37.3 Å². The zero-order valence-electron chi connectivity index (χ0n) is 24.1. The van der Waals surface area contributed by atoms with Crippen LogP contribution < -0.4 is 16.6 Å². The van der Waals surface area contributed by atoms with Crippen molar-refractivity contribution in [2.45, 2.75) is 64.8 Å². The molecule has 2 aliphatic rings. The van der Waals surface area contributed by atoms with Crippen LogP contribution in [0.2, 0.25) is 0 Å². The maximum absolute atomic E-state index is 12.5. The molecule has 1 fully saturated rings. The molecule has 0 bridgehead atoms. The maximum atomic E-state index is 12.5. The van der Waals surface area contributed by atoms with Crippen molar-refractivity contribution in [3.05, 3.63) is 92.3 Å². The Morgan fingerprint density at radius 1 is 1.05 bits per heavy atom. The van der Waals surface area contributed by atoms with E-state index in [1.807, 2.05) is 48.5 Å². The molecule has 3 aromatic rings. The largest absolute Gasteiger partial charge is 0.516 e. The first-order valence-electron chi connectivity index (χ1n) is 14.5. The van der Waals surface area contributed by atoms with Gasteiger partial charge >= 0.3 is 17.8 Å². The van der Waals surface area contributed by atoms with E-state index in [0.29, 0.717) is 18.3 Å². The molecule has 0 radical (unpaired) electrons. The monoisotopic (exact) mass is 575 g/mol. The van der Waals surface area contributed by atoms with Gasteiger partial charge in [0.05, 0.1) is 12.6 Å². The lowest BCUT2D eigenvalue weighted by atomic mass is 9.88. The number of carbonyl (C=O) groups excluding carboxylic acids is 2. The number of benzene rings is 2. The number of hydrogen-bond acceptors (Lipinski definition) is 8. The van der Waals surface area contributed by atoms with Crippen molar-refractivity contribution in [2.75, 3.05) is 13.2 Å². The fourth-order valence-electron chi connectivity index (χ4n) is 5.89. The molecule has 2 aromatic carbocycles. The van der Waals surface area contributed by atoms with E-state index in [1.54, 1.807) is 0 Å². The second kappa shape index (κ2) is 12.9. The van der Waals surface area contributed by atoms with Crippen molar-refractivity contribution in [3.8, 4) is 11.1 Å². The number of aromatic amines is 1. The molecular weight excluding hydrogens is 538 g/mol. The number of aromatic nitrogens is 2. The second-order valence-corrected chi connectivity index (χ2v) is 11.1. The van der Waals surface area contributed by atoms with Crippen LogP contribution in [0.15, 0.2) is 64.3 Å². The van der Waals surface area contributed by atoms with E-state index in [9.17, 15) is 19.2 Å². The molecular formula is C32H37N3O7. The maximum Gasteiger partial charge on any atom is 0.516 e. The zero-order valence-corrected chi connectivity index (χ0v) is 24.1. The highest BCUT2D eigenvalue weighted by Gasteiger charge is 2.33. The summed E-state index contributed by atoms with van der Waals surface area (Å²) in [5.41, 5.74) is 3.44. The topological polar surface area (TPSA) is 129 Å². The Balaban J connectivity index is 1.12. The van der Waals surface area contributed by atoms with Crippen LogP contribution in [0.5, 0.6) is 0 Å². The molecule has 222 valence electrons. The first-order chi connectivity index (χ1) is 20.3. The van der Waals surface area contributed by atoms with Gasteiger partial charge < -0.3 is 19.5 Å². The summed E-state index contributed by atoms with van der Waals surface area (Å²) in [5, 5.41) is 2.80. The van der Waals surface area contributed by atoms with Crippen molar-refractivity contribution in [2.24, 2.45) is 11.8 Å². The van der Waals surface area contributed by atoms with E-state index >= 15 is 0 Å².